The van der Waals surface area contributed by atoms with Crippen LogP contribution in [0.25, 0.3) is 0 Å². The third-order valence-electron chi connectivity index (χ3n) is 4.02. The second kappa shape index (κ2) is 4.75. The zero-order valence-corrected chi connectivity index (χ0v) is 10.1. The highest BCUT2D eigenvalue weighted by Crippen LogP contribution is 2.22. The van der Waals surface area contributed by atoms with Crippen molar-refractivity contribution in [1.29, 1.82) is 0 Å². The first-order chi connectivity index (χ1) is 8.33. The molecule has 0 aliphatic carbocycles. The number of hydrogen-bond acceptors (Lipinski definition) is 2. The summed E-state index contributed by atoms with van der Waals surface area (Å²) in [6.45, 7) is 5.35. The number of hydrogen-bond donors (Lipinski definition) is 0. The van der Waals surface area contributed by atoms with Crippen LogP contribution in [0.3, 0.4) is 0 Å². The summed E-state index contributed by atoms with van der Waals surface area (Å²) in [5.41, 5.74) is 0.832. The molecule has 1 atom stereocenters. The van der Waals surface area contributed by atoms with E-state index in [-0.39, 0.29) is 5.82 Å². The monoisotopic (exact) mass is 234 g/mol. The molecule has 2 heterocycles. The Bertz CT molecular complexity index is 394. The molecule has 92 valence electrons. The first-order valence-corrected chi connectivity index (χ1v) is 6.53. The van der Waals surface area contributed by atoms with Crippen LogP contribution >= 0.6 is 0 Å². The van der Waals surface area contributed by atoms with Crippen molar-refractivity contribution in [2.45, 2.75) is 25.4 Å². The van der Waals surface area contributed by atoms with E-state index >= 15 is 0 Å². The van der Waals surface area contributed by atoms with E-state index in [2.05, 4.69) is 9.80 Å². The summed E-state index contributed by atoms with van der Waals surface area (Å²) in [6, 6.07) is 7.85. The van der Waals surface area contributed by atoms with Gasteiger partial charge in [-0.15, -0.1) is 0 Å². The van der Waals surface area contributed by atoms with Crippen LogP contribution in [-0.2, 0) is 6.54 Å². The Morgan fingerprint density at radius 3 is 2.94 bits per heavy atom. The summed E-state index contributed by atoms with van der Waals surface area (Å²) >= 11 is 0. The third kappa shape index (κ3) is 2.35. The van der Waals surface area contributed by atoms with E-state index in [1.165, 1.54) is 19.4 Å². The lowest BCUT2D eigenvalue weighted by Gasteiger charge is -2.37. The van der Waals surface area contributed by atoms with Crippen LogP contribution in [-0.4, -0.2) is 42.0 Å². The van der Waals surface area contributed by atoms with E-state index in [1.807, 2.05) is 12.1 Å². The van der Waals surface area contributed by atoms with E-state index < -0.39 is 0 Å². The molecule has 0 radical (unpaired) electrons. The maximum atomic E-state index is 13.6. The molecular weight excluding hydrogens is 215 g/mol. The molecule has 3 rings (SSSR count). The van der Waals surface area contributed by atoms with Crippen LogP contribution in [0.15, 0.2) is 24.3 Å². The molecule has 0 unspecified atom stereocenters. The minimum atomic E-state index is -0.0682. The Morgan fingerprint density at radius 1 is 1.18 bits per heavy atom. The average Bonchev–Trinajstić information content (AvgIpc) is 2.79. The quantitative estimate of drug-likeness (QED) is 0.773. The highest BCUT2D eigenvalue weighted by atomic mass is 19.1. The topological polar surface area (TPSA) is 6.48 Å². The average molecular weight is 234 g/mol. The van der Waals surface area contributed by atoms with Crippen LogP contribution < -0.4 is 0 Å². The second-order valence-electron chi connectivity index (χ2n) is 5.16. The van der Waals surface area contributed by atoms with Gasteiger partial charge in [-0.1, -0.05) is 18.2 Å². The van der Waals surface area contributed by atoms with E-state index in [4.69, 9.17) is 0 Å². The number of nitrogens with zero attached hydrogens (tertiary/aromatic N) is 2. The molecule has 0 bridgehead atoms. The Morgan fingerprint density at radius 2 is 2.06 bits per heavy atom. The SMILES string of the molecule is Fc1ccccc1CN1CCN2CCC[C@@H]2C1. The van der Waals surface area contributed by atoms with Crippen LogP contribution in [0.5, 0.6) is 0 Å². The molecule has 2 saturated heterocycles. The number of benzene rings is 1. The lowest BCUT2D eigenvalue weighted by atomic mass is 10.1. The summed E-state index contributed by atoms with van der Waals surface area (Å²) < 4.78 is 13.6. The number of halogens is 1. The minimum Gasteiger partial charge on any atom is -0.298 e. The van der Waals surface area contributed by atoms with Crippen LogP contribution in [0, 0.1) is 5.82 Å². The summed E-state index contributed by atoms with van der Waals surface area (Å²) in [5, 5.41) is 0. The molecule has 3 heteroatoms. The zero-order valence-electron chi connectivity index (χ0n) is 10.1. The Labute approximate surface area is 102 Å². The van der Waals surface area contributed by atoms with Gasteiger partial charge in [-0.05, 0) is 25.5 Å². The van der Waals surface area contributed by atoms with Crippen LogP contribution in [0.2, 0.25) is 0 Å². The Hall–Kier alpha value is -0.930. The van der Waals surface area contributed by atoms with Crippen molar-refractivity contribution in [2.75, 3.05) is 26.2 Å². The predicted molar refractivity (Wildman–Crippen MR) is 66.3 cm³/mol. The predicted octanol–water partition coefficient (Wildman–Crippen LogP) is 2.11. The second-order valence-corrected chi connectivity index (χ2v) is 5.16. The Kier molecular flexibility index (Phi) is 3.12. The fourth-order valence-electron chi connectivity index (χ4n) is 3.07. The fourth-order valence-corrected chi connectivity index (χ4v) is 3.07. The molecule has 0 aromatic heterocycles. The van der Waals surface area contributed by atoms with Crippen molar-refractivity contribution < 1.29 is 4.39 Å². The van der Waals surface area contributed by atoms with Gasteiger partial charge in [0.15, 0.2) is 0 Å². The molecule has 0 saturated carbocycles. The molecule has 2 fully saturated rings. The summed E-state index contributed by atoms with van der Waals surface area (Å²) in [6.07, 6.45) is 2.64. The van der Waals surface area contributed by atoms with E-state index in [1.54, 1.807) is 12.1 Å². The molecule has 0 amide bonds. The van der Waals surface area contributed by atoms with Crippen molar-refractivity contribution >= 4 is 0 Å². The molecular formula is C14H19FN2. The highest BCUT2D eigenvalue weighted by Gasteiger charge is 2.30. The summed E-state index contributed by atoms with van der Waals surface area (Å²) in [5.74, 6) is -0.0682. The number of rotatable bonds is 2. The highest BCUT2D eigenvalue weighted by molar-refractivity contribution is 5.17. The van der Waals surface area contributed by atoms with Gasteiger partial charge in [0.2, 0.25) is 0 Å². The van der Waals surface area contributed by atoms with Gasteiger partial charge in [0.05, 0.1) is 0 Å². The first-order valence-electron chi connectivity index (χ1n) is 6.53. The van der Waals surface area contributed by atoms with Crippen LogP contribution in [0.1, 0.15) is 18.4 Å². The van der Waals surface area contributed by atoms with Gasteiger partial charge in [0.25, 0.3) is 0 Å². The standard InChI is InChI=1S/C14H19FN2/c15-14-6-2-1-4-12(14)10-16-8-9-17-7-3-5-13(17)11-16/h1-2,4,6,13H,3,5,7-11H2/t13-/m1/s1. The van der Waals surface area contributed by atoms with E-state index in [0.717, 1.165) is 37.8 Å². The summed E-state index contributed by atoms with van der Waals surface area (Å²) in [4.78, 5) is 4.97. The lowest BCUT2D eigenvalue weighted by Crippen LogP contribution is -2.49. The van der Waals surface area contributed by atoms with Crippen molar-refractivity contribution in [3.05, 3.63) is 35.6 Å². The third-order valence-corrected chi connectivity index (χ3v) is 4.02. The van der Waals surface area contributed by atoms with Crippen molar-refractivity contribution in [3.63, 3.8) is 0 Å². The van der Waals surface area contributed by atoms with Crippen molar-refractivity contribution in [1.82, 2.24) is 9.80 Å². The van der Waals surface area contributed by atoms with Gasteiger partial charge in [-0.3, -0.25) is 9.80 Å². The molecule has 2 aliphatic rings. The fraction of sp³-hybridized carbons (Fsp3) is 0.571. The van der Waals surface area contributed by atoms with Gasteiger partial charge in [0, 0.05) is 37.8 Å². The first kappa shape index (κ1) is 11.2. The molecule has 2 nitrogen and oxygen atoms in total. The minimum absolute atomic E-state index is 0.0682. The maximum Gasteiger partial charge on any atom is 0.127 e. The molecule has 1 aromatic rings. The normalized spacial score (nSPS) is 26.1. The molecule has 17 heavy (non-hydrogen) atoms. The maximum absolute atomic E-state index is 13.6. The van der Waals surface area contributed by atoms with Gasteiger partial charge >= 0.3 is 0 Å². The zero-order chi connectivity index (χ0) is 11.7. The van der Waals surface area contributed by atoms with Crippen LogP contribution in [0.4, 0.5) is 4.39 Å². The Balaban J connectivity index is 1.64. The van der Waals surface area contributed by atoms with Gasteiger partial charge in [-0.25, -0.2) is 4.39 Å². The van der Waals surface area contributed by atoms with E-state index in [0.29, 0.717) is 0 Å². The lowest BCUT2D eigenvalue weighted by molar-refractivity contribution is 0.0985. The molecule has 0 N–H and O–H groups in total. The largest absolute Gasteiger partial charge is 0.298 e. The smallest absolute Gasteiger partial charge is 0.127 e. The number of fused-ring (bicyclic) bond motifs is 1. The molecule has 2 aliphatic heterocycles. The van der Waals surface area contributed by atoms with E-state index in [9.17, 15) is 4.39 Å². The van der Waals surface area contributed by atoms with Crippen molar-refractivity contribution in [3.8, 4) is 0 Å². The molecule has 1 aromatic carbocycles. The summed E-state index contributed by atoms with van der Waals surface area (Å²) in [7, 11) is 0. The number of piperazine rings is 1. The molecule has 0 spiro atoms. The van der Waals surface area contributed by atoms with Gasteiger partial charge < -0.3 is 0 Å². The van der Waals surface area contributed by atoms with Gasteiger partial charge in [0.1, 0.15) is 5.82 Å². The van der Waals surface area contributed by atoms with Crippen molar-refractivity contribution in [2.24, 2.45) is 0 Å². The van der Waals surface area contributed by atoms with Gasteiger partial charge in [-0.2, -0.15) is 0 Å².